The maximum atomic E-state index is 12.4. The van der Waals surface area contributed by atoms with E-state index >= 15 is 0 Å². The van der Waals surface area contributed by atoms with Gasteiger partial charge in [-0.2, -0.15) is 0 Å². The molecule has 1 fully saturated rings. The SMILES string of the molecule is N[C@H]1CC[C@H]1CNC(=O)C1=CN(c2ncnc3[nH]ccc23)CCS1. The zero-order chi connectivity index (χ0) is 16.5. The zero-order valence-corrected chi connectivity index (χ0v) is 14.1. The average Bonchev–Trinajstić information content (AvgIpc) is 3.09. The van der Waals surface area contributed by atoms with Crippen molar-refractivity contribution in [3.63, 3.8) is 0 Å². The van der Waals surface area contributed by atoms with E-state index in [-0.39, 0.29) is 11.9 Å². The Morgan fingerprint density at radius 2 is 2.38 bits per heavy atom. The summed E-state index contributed by atoms with van der Waals surface area (Å²) < 4.78 is 0. The Kier molecular flexibility index (Phi) is 4.15. The monoisotopic (exact) mass is 344 g/mol. The van der Waals surface area contributed by atoms with Crippen LogP contribution in [-0.4, -0.2) is 45.7 Å². The number of nitrogens with zero attached hydrogens (tertiary/aromatic N) is 3. The molecule has 0 unspecified atom stereocenters. The van der Waals surface area contributed by atoms with Crippen LogP contribution in [-0.2, 0) is 4.79 Å². The van der Waals surface area contributed by atoms with E-state index in [0.29, 0.717) is 12.5 Å². The van der Waals surface area contributed by atoms with Gasteiger partial charge in [0.1, 0.15) is 17.8 Å². The van der Waals surface area contributed by atoms with Crippen molar-refractivity contribution in [2.75, 3.05) is 23.7 Å². The zero-order valence-electron chi connectivity index (χ0n) is 13.2. The Labute approximate surface area is 144 Å². The maximum Gasteiger partial charge on any atom is 0.259 e. The van der Waals surface area contributed by atoms with Crippen molar-refractivity contribution in [1.82, 2.24) is 20.3 Å². The molecule has 3 heterocycles. The van der Waals surface area contributed by atoms with Crippen LogP contribution in [0, 0.1) is 5.92 Å². The van der Waals surface area contributed by atoms with Crippen LogP contribution in [0.3, 0.4) is 0 Å². The Balaban J connectivity index is 1.50. The van der Waals surface area contributed by atoms with E-state index in [2.05, 4.69) is 20.3 Å². The molecule has 0 aromatic carbocycles. The molecule has 2 aromatic rings. The number of amides is 1. The minimum Gasteiger partial charge on any atom is -0.351 e. The second kappa shape index (κ2) is 6.45. The maximum absolute atomic E-state index is 12.4. The van der Waals surface area contributed by atoms with Gasteiger partial charge in [0.25, 0.3) is 5.91 Å². The fourth-order valence-corrected chi connectivity index (χ4v) is 3.95. The van der Waals surface area contributed by atoms with Gasteiger partial charge in [-0.3, -0.25) is 4.79 Å². The largest absolute Gasteiger partial charge is 0.351 e. The van der Waals surface area contributed by atoms with Crippen molar-refractivity contribution in [2.45, 2.75) is 18.9 Å². The van der Waals surface area contributed by atoms with Crippen LogP contribution in [0.15, 0.2) is 29.7 Å². The lowest BCUT2D eigenvalue weighted by Gasteiger charge is -2.33. The molecular formula is C16H20N6OS. The van der Waals surface area contributed by atoms with E-state index in [4.69, 9.17) is 5.73 Å². The van der Waals surface area contributed by atoms with Crippen LogP contribution >= 0.6 is 11.8 Å². The Hall–Kier alpha value is -2.06. The van der Waals surface area contributed by atoms with Crippen molar-refractivity contribution in [3.05, 3.63) is 29.7 Å². The quantitative estimate of drug-likeness (QED) is 0.771. The first-order chi connectivity index (χ1) is 11.7. The highest BCUT2D eigenvalue weighted by Gasteiger charge is 2.28. The van der Waals surface area contributed by atoms with E-state index in [1.54, 1.807) is 18.1 Å². The molecule has 0 radical (unpaired) electrons. The molecule has 1 aliphatic heterocycles. The summed E-state index contributed by atoms with van der Waals surface area (Å²) in [4.78, 5) is 26.9. The Bertz CT molecular complexity index is 788. The lowest BCUT2D eigenvalue weighted by Crippen LogP contribution is -2.46. The van der Waals surface area contributed by atoms with Gasteiger partial charge in [-0.1, -0.05) is 0 Å². The number of aromatic amines is 1. The summed E-state index contributed by atoms with van der Waals surface area (Å²) in [6.45, 7) is 1.47. The second-order valence-electron chi connectivity index (χ2n) is 6.18. The molecule has 8 heteroatoms. The van der Waals surface area contributed by atoms with Crippen LogP contribution in [0.25, 0.3) is 11.0 Å². The number of nitrogens with two attached hydrogens (primary N) is 1. The minimum atomic E-state index is -0.0248. The average molecular weight is 344 g/mol. The highest BCUT2D eigenvalue weighted by molar-refractivity contribution is 8.04. The van der Waals surface area contributed by atoms with Crippen LogP contribution < -0.4 is 16.0 Å². The molecule has 2 aromatic heterocycles. The topological polar surface area (TPSA) is 99.9 Å². The number of thioether (sulfide) groups is 1. The van der Waals surface area contributed by atoms with Crippen molar-refractivity contribution in [1.29, 1.82) is 0 Å². The van der Waals surface area contributed by atoms with Crippen LogP contribution in [0.2, 0.25) is 0 Å². The van der Waals surface area contributed by atoms with E-state index in [1.165, 1.54) is 0 Å². The minimum absolute atomic E-state index is 0.0248. The standard InChI is InChI=1S/C16H20N6OS/c17-12-2-1-10(12)7-19-16(23)13-8-22(5-6-24-13)15-11-3-4-18-14(11)20-9-21-15/h3-4,8-10,12H,1-2,5-7,17H2,(H,19,23)(H,18,20,21)/t10-,12-/m0/s1. The molecule has 2 aliphatic rings. The second-order valence-corrected chi connectivity index (χ2v) is 7.32. The number of H-pyrrole nitrogens is 1. The predicted molar refractivity (Wildman–Crippen MR) is 95.5 cm³/mol. The predicted octanol–water partition coefficient (Wildman–Crippen LogP) is 1.21. The molecule has 2 atom stereocenters. The summed E-state index contributed by atoms with van der Waals surface area (Å²) in [7, 11) is 0. The molecule has 24 heavy (non-hydrogen) atoms. The first-order valence-electron chi connectivity index (χ1n) is 8.15. The van der Waals surface area contributed by atoms with Crippen LogP contribution in [0.1, 0.15) is 12.8 Å². The summed E-state index contributed by atoms with van der Waals surface area (Å²) in [5.41, 5.74) is 6.73. The van der Waals surface area contributed by atoms with Crippen molar-refractivity contribution < 1.29 is 4.79 Å². The van der Waals surface area contributed by atoms with Crippen LogP contribution in [0.5, 0.6) is 0 Å². The van der Waals surface area contributed by atoms with E-state index < -0.39 is 0 Å². The van der Waals surface area contributed by atoms with Gasteiger partial charge in [-0.15, -0.1) is 11.8 Å². The molecule has 4 N–H and O–H groups in total. The number of carbonyl (C=O) groups is 1. The molecule has 1 saturated carbocycles. The Morgan fingerprint density at radius 1 is 1.46 bits per heavy atom. The molecule has 0 saturated heterocycles. The number of aromatic nitrogens is 3. The van der Waals surface area contributed by atoms with Gasteiger partial charge in [0.05, 0.1) is 10.3 Å². The molecule has 1 aliphatic carbocycles. The lowest BCUT2D eigenvalue weighted by atomic mass is 9.80. The fraction of sp³-hybridized carbons (Fsp3) is 0.438. The first-order valence-corrected chi connectivity index (χ1v) is 9.14. The van der Waals surface area contributed by atoms with Gasteiger partial charge in [-0.25, -0.2) is 9.97 Å². The van der Waals surface area contributed by atoms with Gasteiger partial charge in [0.15, 0.2) is 0 Å². The molecule has 4 rings (SSSR count). The van der Waals surface area contributed by atoms with E-state index in [0.717, 1.165) is 46.9 Å². The van der Waals surface area contributed by atoms with E-state index in [1.807, 2.05) is 23.4 Å². The number of hydrogen-bond acceptors (Lipinski definition) is 6. The number of hydrogen-bond donors (Lipinski definition) is 3. The third-order valence-electron chi connectivity index (χ3n) is 4.69. The molecule has 0 spiro atoms. The molecule has 7 nitrogen and oxygen atoms in total. The number of anilines is 1. The van der Waals surface area contributed by atoms with Crippen molar-refractivity contribution in [2.24, 2.45) is 11.7 Å². The third kappa shape index (κ3) is 2.87. The van der Waals surface area contributed by atoms with Gasteiger partial charge in [-0.05, 0) is 24.8 Å². The first kappa shape index (κ1) is 15.5. The molecule has 1 amide bonds. The number of rotatable bonds is 4. The third-order valence-corrected chi connectivity index (χ3v) is 5.68. The van der Waals surface area contributed by atoms with Crippen molar-refractivity contribution >= 4 is 34.5 Å². The molecule has 0 bridgehead atoms. The smallest absolute Gasteiger partial charge is 0.259 e. The summed E-state index contributed by atoms with van der Waals surface area (Å²) >= 11 is 1.58. The van der Waals surface area contributed by atoms with Gasteiger partial charge in [0.2, 0.25) is 0 Å². The number of fused-ring (bicyclic) bond motifs is 1. The number of nitrogens with one attached hydrogen (secondary N) is 2. The summed E-state index contributed by atoms with van der Waals surface area (Å²) in [5, 5.41) is 3.97. The summed E-state index contributed by atoms with van der Waals surface area (Å²) in [6, 6.07) is 2.19. The molecular weight excluding hydrogens is 324 g/mol. The van der Waals surface area contributed by atoms with Gasteiger partial charge >= 0.3 is 0 Å². The number of carbonyl (C=O) groups excluding carboxylic acids is 1. The highest BCUT2D eigenvalue weighted by atomic mass is 32.2. The molecule has 126 valence electrons. The van der Waals surface area contributed by atoms with E-state index in [9.17, 15) is 4.79 Å². The van der Waals surface area contributed by atoms with Crippen molar-refractivity contribution in [3.8, 4) is 0 Å². The summed E-state index contributed by atoms with van der Waals surface area (Å²) in [5.74, 6) is 2.06. The highest BCUT2D eigenvalue weighted by Crippen LogP contribution is 2.29. The lowest BCUT2D eigenvalue weighted by molar-refractivity contribution is -0.117. The normalized spacial score (nSPS) is 23.7. The van der Waals surface area contributed by atoms with Crippen LogP contribution in [0.4, 0.5) is 5.82 Å². The Morgan fingerprint density at radius 3 is 3.17 bits per heavy atom. The van der Waals surface area contributed by atoms with Gasteiger partial charge in [0, 0.05) is 37.3 Å². The summed E-state index contributed by atoms with van der Waals surface area (Å²) in [6.07, 6.45) is 7.44. The van der Waals surface area contributed by atoms with Gasteiger partial charge < -0.3 is 20.9 Å². The fourth-order valence-electron chi connectivity index (χ4n) is 3.04.